The van der Waals surface area contributed by atoms with Gasteiger partial charge in [-0.25, -0.2) is 4.79 Å². The minimum Gasteiger partial charge on any atom is -0.478 e. The maximum Gasteiger partial charge on any atom is 0.335 e. The number of nitro benzene ring substituents is 1. The highest BCUT2D eigenvalue weighted by Gasteiger charge is 2.40. The van der Waals surface area contributed by atoms with Crippen molar-refractivity contribution in [2.75, 3.05) is 5.32 Å². The van der Waals surface area contributed by atoms with E-state index in [1.807, 2.05) is 12.2 Å². The number of carboxylic acid groups (broad SMARTS) is 1. The van der Waals surface area contributed by atoms with E-state index in [4.69, 9.17) is 23.2 Å². The summed E-state index contributed by atoms with van der Waals surface area (Å²) in [4.78, 5) is 22.1. The van der Waals surface area contributed by atoms with Crippen molar-refractivity contribution in [3.05, 3.63) is 79.3 Å². The first-order chi connectivity index (χ1) is 12.9. The molecule has 0 fully saturated rings. The van der Waals surface area contributed by atoms with Crippen molar-refractivity contribution >= 4 is 40.5 Å². The number of nitrogens with zero attached hydrogens (tertiary/aromatic N) is 1. The molecule has 2 N–H and O–H groups in total. The molecule has 0 bridgehead atoms. The molecule has 3 atom stereocenters. The average Bonchev–Trinajstić information content (AvgIpc) is 3.11. The van der Waals surface area contributed by atoms with Crippen LogP contribution in [-0.2, 0) is 0 Å². The fraction of sp³-hybridized carbons (Fsp3) is 0.211. The third kappa shape index (κ3) is 2.95. The number of hydrogen-bond donors (Lipinski definition) is 2. The summed E-state index contributed by atoms with van der Waals surface area (Å²) in [5, 5.41) is 24.6. The van der Waals surface area contributed by atoms with Crippen LogP contribution in [0.25, 0.3) is 0 Å². The number of anilines is 1. The lowest BCUT2D eigenvalue weighted by Crippen LogP contribution is -2.29. The maximum absolute atomic E-state index is 11.4. The molecule has 0 unspecified atom stereocenters. The molecule has 0 saturated heterocycles. The van der Waals surface area contributed by atoms with Gasteiger partial charge in [0.2, 0.25) is 0 Å². The molecule has 0 radical (unpaired) electrons. The van der Waals surface area contributed by atoms with E-state index < -0.39 is 10.9 Å². The number of carbonyl (C=O) groups is 1. The van der Waals surface area contributed by atoms with Crippen molar-refractivity contribution in [1.29, 1.82) is 0 Å². The van der Waals surface area contributed by atoms with Gasteiger partial charge < -0.3 is 10.4 Å². The molecule has 27 heavy (non-hydrogen) atoms. The first-order valence-electron chi connectivity index (χ1n) is 8.30. The van der Waals surface area contributed by atoms with Crippen molar-refractivity contribution in [3.63, 3.8) is 0 Å². The van der Waals surface area contributed by atoms with Crippen LogP contribution < -0.4 is 5.32 Å². The van der Waals surface area contributed by atoms with E-state index >= 15 is 0 Å². The highest BCUT2D eigenvalue weighted by Crippen LogP contribution is 2.52. The number of carboxylic acids is 1. The number of hydrogen-bond acceptors (Lipinski definition) is 4. The number of allylic oxidation sites excluding steroid dienone is 2. The summed E-state index contributed by atoms with van der Waals surface area (Å²) in [7, 11) is 0. The van der Waals surface area contributed by atoms with Gasteiger partial charge in [-0.3, -0.25) is 10.1 Å². The molecule has 0 amide bonds. The highest BCUT2D eigenvalue weighted by molar-refractivity contribution is 6.34. The predicted octanol–water partition coefficient (Wildman–Crippen LogP) is 5.43. The number of non-ortho nitro benzene ring substituents is 1. The molecule has 2 aliphatic rings. The zero-order chi connectivity index (χ0) is 19.3. The number of nitro groups is 1. The van der Waals surface area contributed by atoms with Gasteiger partial charge in [0.15, 0.2) is 0 Å². The minimum absolute atomic E-state index is 0.0307. The van der Waals surface area contributed by atoms with Crippen molar-refractivity contribution < 1.29 is 14.8 Å². The summed E-state index contributed by atoms with van der Waals surface area (Å²) in [6.07, 6.45) is 4.81. The molecule has 1 aliphatic heterocycles. The van der Waals surface area contributed by atoms with Crippen LogP contribution in [0.15, 0.2) is 42.5 Å². The van der Waals surface area contributed by atoms with Gasteiger partial charge in [0.05, 0.1) is 27.2 Å². The smallest absolute Gasteiger partial charge is 0.335 e. The van der Waals surface area contributed by atoms with E-state index in [9.17, 15) is 20.0 Å². The first-order valence-corrected chi connectivity index (χ1v) is 9.06. The zero-order valence-corrected chi connectivity index (χ0v) is 15.4. The van der Waals surface area contributed by atoms with Crippen LogP contribution in [-0.4, -0.2) is 16.0 Å². The van der Waals surface area contributed by atoms with Crippen LogP contribution in [0.1, 0.15) is 39.9 Å². The number of fused-ring (bicyclic) bond motifs is 3. The molecular formula is C19H14Cl2N2O4. The van der Waals surface area contributed by atoms with Crippen molar-refractivity contribution in [1.82, 2.24) is 0 Å². The quantitative estimate of drug-likeness (QED) is 0.404. The molecule has 0 saturated carbocycles. The van der Waals surface area contributed by atoms with Crippen LogP contribution in [0.3, 0.4) is 0 Å². The summed E-state index contributed by atoms with van der Waals surface area (Å²) in [5.41, 5.74) is 2.19. The first kappa shape index (κ1) is 17.8. The fourth-order valence-corrected chi connectivity index (χ4v) is 4.49. The Hall–Kier alpha value is -2.57. The molecule has 0 aromatic heterocycles. The van der Waals surface area contributed by atoms with Crippen LogP contribution in [0, 0.1) is 16.0 Å². The molecule has 0 spiro atoms. The largest absolute Gasteiger partial charge is 0.478 e. The minimum atomic E-state index is -1.04. The monoisotopic (exact) mass is 404 g/mol. The summed E-state index contributed by atoms with van der Waals surface area (Å²) >= 11 is 12.7. The van der Waals surface area contributed by atoms with Crippen LogP contribution >= 0.6 is 23.2 Å². The Labute approximate surface area is 164 Å². The zero-order valence-electron chi connectivity index (χ0n) is 13.9. The van der Waals surface area contributed by atoms with Crippen LogP contribution in [0.5, 0.6) is 0 Å². The highest BCUT2D eigenvalue weighted by atomic mass is 35.5. The molecule has 6 nitrogen and oxygen atoms in total. The lowest BCUT2D eigenvalue weighted by Gasteiger charge is -2.38. The third-order valence-corrected chi connectivity index (χ3v) is 5.84. The number of nitrogens with one attached hydrogen (secondary N) is 1. The van der Waals surface area contributed by atoms with Crippen LogP contribution in [0.4, 0.5) is 11.4 Å². The Balaban J connectivity index is 1.85. The maximum atomic E-state index is 11.4. The summed E-state index contributed by atoms with van der Waals surface area (Å²) in [6, 6.07) is 7.14. The topological polar surface area (TPSA) is 92.5 Å². The third-order valence-electron chi connectivity index (χ3n) is 5.19. The van der Waals surface area contributed by atoms with E-state index in [1.54, 1.807) is 6.07 Å². The normalized spacial score (nSPS) is 22.7. The van der Waals surface area contributed by atoms with Crippen molar-refractivity contribution in [3.8, 4) is 0 Å². The molecule has 2 aromatic rings. The van der Waals surface area contributed by atoms with Gasteiger partial charge in [-0.2, -0.15) is 0 Å². The number of rotatable bonds is 3. The number of benzene rings is 2. The predicted molar refractivity (Wildman–Crippen MR) is 103 cm³/mol. The Morgan fingerprint density at radius 1 is 1.19 bits per heavy atom. The molecular weight excluding hydrogens is 391 g/mol. The molecule has 8 heteroatoms. The van der Waals surface area contributed by atoms with E-state index in [2.05, 4.69) is 5.32 Å². The molecule has 138 valence electrons. The molecule has 2 aromatic carbocycles. The van der Waals surface area contributed by atoms with Crippen LogP contribution in [0.2, 0.25) is 10.0 Å². The SMILES string of the molecule is O=C(O)c1cc(Cl)c2c(c1)[C@@H]1C=CC[C@@H]1[C@H](c1cc([N+](=O)[O-])ccc1Cl)N2. The average molecular weight is 405 g/mol. The Morgan fingerprint density at radius 3 is 2.67 bits per heavy atom. The molecule has 4 rings (SSSR count). The van der Waals surface area contributed by atoms with E-state index in [0.29, 0.717) is 21.3 Å². The summed E-state index contributed by atoms with van der Waals surface area (Å²) in [6.45, 7) is 0. The van der Waals surface area contributed by atoms with Gasteiger partial charge in [0, 0.05) is 28.6 Å². The second-order valence-corrected chi connectivity index (χ2v) is 7.48. The summed E-state index contributed by atoms with van der Waals surface area (Å²) < 4.78 is 0. The van der Waals surface area contributed by atoms with E-state index in [0.717, 1.165) is 12.0 Å². The van der Waals surface area contributed by atoms with Gasteiger partial charge in [-0.15, -0.1) is 0 Å². The fourth-order valence-electron chi connectivity index (χ4n) is 3.97. The van der Waals surface area contributed by atoms with E-state index in [1.165, 1.54) is 24.3 Å². The second-order valence-electron chi connectivity index (χ2n) is 6.67. The summed E-state index contributed by atoms with van der Waals surface area (Å²) in [5.74, 6) is -1.03. The number of halogens is 2. The lowest BCUT2D eigenvalue weighted by molar-refractivity contribution is -0.384. The van der Waals surface area contributed by atoms with Gasteiger partial charge in [0.25, 0.3) is 5.69 Å². The second kappa shape index (κ2) is 6.55. The van der Waals surface area contributed by atoms with E-state index in [-0.39, 0.29) is 29.1 Å². The van der Waals surface area contributed by atoms with Gasteiger partial charge in [0.1, 0.15) is 0 Å². The molecule has 1 heterocycles. The molecule has 1 aliphatic carbocycles. The Kier molecular flexibility index (Phi) is 4.32. The lowest BCUT2D eigenvalue weighted by atomic mass is 9.76. The van der Waals surface area contributed by atoms with Crippen molar-refractivity contribution in [2.24, 2.45) is 5.92 Å². The van der Waals surface area contributed by atoms with Gasteiger partial charge in [-0.1, -0.05) is 35.4 Å². The van der Waals surface area contributed by atoms with Crippen molar-refractivity contribution in [2.45, 2.75) is 18.4 Å². The standard InChI is InChI=1S/C19H14Cl2N2O4/c20-15-5-4-10(23(26)27)8-14(15)17-12-3-1-2-11(12)13-6-9(19(24)25)7-16(21)18(13)22-17/h1-2,4-8,11-12,17,22H,3H2,(H,24,25)/t11-,12+,17-/m1/s1. The van der Waals surface area contributed by atoms with Gasteiger partial charge >= 0.3 is 5.97 Å². The Bertz CT molecular complexity index is 1010. The Morgan fingerprint density at radius 2 is 1.96 bits per heavy atom. The van der Waals surface area contributed by atoms with Gasteiger partial charge in [-0.05, 0) is 36.1 Å². The number of aromatic carboxylic acids is 1.